The molecule has 0 N–H and O–H groups in total. The van der Waals surface area contributed by atoms with Crippen LogP contribution < -0.4 is 0 Å². The Morgan fingerprint density at radius 3 is 1.84 bits per heavy atom. The lowest BCUT2D eigenvalue weighted by Crippen LogP contribution is -2.37. The molecule has 3 rings (SSSR count). The van der Waals surface area contributed by atoms with Crippen LogP contribution >= 0.6 is 0 Å². The smallest absolute Gasteiger partial charge is 0.122 e. The number of methoxy groups -OCH3 is 1. The minimum atomic E-state index is -0.210. The summed E-state index contributed by atoms with van der Waals surface area (Å²) in [6.45, 7) is 0.486. The molecule has 3 atom stereocenters. The van der Waals surface area contributed by atoms with E-state index >= 15 is 0 Å². The van der Waals surface area contributed by atoms with Gasteiger partial charge in [-0.3, -0.25) is 0 Å². The van der Waals surface area contributed by atoms with Gasteiger partial charge in [0.05, 0.1) is 18.8 Å². The van der Waals surface area contributed by atoms with Gasteiger partial charge in [-0.05, 0) is 36.0 Å². The van der Waals surface area contributed by atoms with E-state index in [1.807, 2.05) is 42.5 Å². The molecule has 3 aromatic carbocycles. The maximum Gasteiger partial charge on any atom is 0.122 e. The molecule has 0 radical (unpaired) electrons. The molecule has 0 aliphatic carbocycles. The second-order valence-electron chi connectivity index (χ2n) is 7.89. The summed E-state index contributed by atoms with van der Waals surface area (Å²) >= 11 is 0. The molecule has 3 heteroatoms. The highest BCUT2D eigenvalue weighted by Crippen LogP contribution is 2.27. The number of carbonyl (C=O) groups excluding carboxylic acids is 1. The van der Waals surface area contributed by atoms with E-state index in [9.17, 15) is 4.79 Å². The Labute approximate surface area is 186 Å². The van der Waals surface area contributed by atoms with Gasteiger partial charge in [0.15, 0.2) is 0 Å². The lowest BCUT2D eigenvalue weighted by atomic mass is 9.85. The van der Waals surface area contributed by atoms with E-state index in [0.29, 0.717) is 13.0 Å². The molecule has 0 heterocycles. The van der Waals surface area contributed by atoms with Crippen molar-refractivity contribution in [2.75, 3.05) is 7.11 Å². The largest absolute Gasteiger partial charge is 0.381 e. The molecule has 3 unspecified atom stereocenters. The molecule has 3 nitrogen and oxygen atoms in total. The van der Waals surface area contributed by atoms with E-state index in [0.717, 1.165) is 31.1 Å². The highest BCUT2D eigenvalue weighted by molar-refractivity contribution is 5.50. The van der Waals surface area contributed by atoms with E-state index in [1.54, 1.807) is 7.11 Å². The fourth-order valence-corrected chi connectivity index (χ4v) is 4.09. The fourth-order valence-electron chi connectivity index (χ4n) is 4.09. The molecule has 0 spiro atoms. The van der Waals surface area contributed by atoms with Crippen LogP contribution in [0.3, 0.4) is 0 Å². The molecular formula is C28H32O3. The second kappa shape index (κ2) is 12.8. The van der Waals surface area contributed by atoms with Gasteiger partial charge in [-0.25, -0.2) is 0 Å². The minimum absolute atomic E-state index is 0.0128. The first-order valence-corrected chi connectivity index (χ1v) is 11.0. The summed E-state index contributed by atoms with van der Waals surface area (Å²) in [6, 6.07) is 31.0. The van der Waals surface area contributed by atoms with E-state index in [1.165, 1.54) is 11.1 Å². The summed E-state index contributed by atoms with van der Waals surface area (Å²) in [5, 5.41) is 0. The van der Waals surface area contributed by atoms with Crippen molar-refractivity contribution in [3.05, 3.63) is 108 Å². The molecule has 0 aromatic heterocycles. The van der Waals surface area contributed by atoms with Gasteiger partial charge in [0, 0.05) is 19.4 Å². The molecule has 0 fully saturated rings. The quantitative estimate of drug-likeness (QED) is 0.337. The second-order valence-corrected chi connectivity index (χ2v) is 7.89. The topological polar surface area (TPSA) is 35.5 Å². The van der Waals surface area contributed by atoms with Crippen LogP contribution in [0.25, 0.3) is 0 Å². The third kappa shape index (κ3) is 7.46. The highest BCUT2D eigenvalue weighted by Gasteiger charge is 2.30. The van der Waals surface area contributed by atoms with Crippen LogP contribution in [0.4, 0.5) is 0 Å². The standard InChI is InChI=1S/C28H32O3/c1-30-27(18-17-23-11-5-2-6-12-23)26(21-24-13-7-3-8-14-24)28(19-20-29)31-22-25-15-9-4-10-16-25/h2-16,20,26-28H,17-19,21-22H2,1H3. The first-order chi connectivity index (χ1) is 15.3. The molecule has 31 heavy (non-hydrogen) atoms. The third-order valence-electron chi connectivity index (χ3n) is 5.77. The van der Waals surface area contributed by atoms with Crippen molar-refractivity contribution in [2.24, 2.45) is 5.92 Å². The van der Waals surface area contributed by atoms with Gasteiger partial charge in [0.2, 0.25) is 0 Å². The van der Waals surface area contributed by atoms with Crippen LogP contribution in [0, 0.1) is 5.92 Å². The lowest BCUT2D eigenvalue weighted by molar-refractivity contribution is -0.114. The average molecular weight is 417 g/mol. The van der Waals surface area contributed by atoms with Gasteiger partial charge in [0.1, 0.15) is 6.29 Å². The van der Waals surface area contributed by atoms with Gasteiger partial charge < -0.3 is 14.3 Å². The van der Waals surface area contributed by atoms with Crippen molar-refractivity contribution < 1.29 is 14.3 Å². The first-order valence-electron chi connectivity index (χ1n) is 11.0. The summed E-state index contributed by atoms with van der Waals surface area (Å²) in [6.07, 6.45) is 3.72. The molecule has 0 saturated carbocycles. The van der Waals surface area contributed by atoms with Crippen molar-refractivity contribution >= 4 is 6.29 Å². The van der Waals surface area contributed by atoms with E-state index in [4.69, 9.17) is 9.47 Å². The monoisotopic (exact) mass is 416 g/mol. The Balaban J connectivity index is 1.77. The van der Waals surface area contributed by atoms with Crippen LogP contribution in [0.15, 0.2) is 91.0 Å². The molecule has 0 bridgehead atoms. The molecule has 0 aliphatic heterocycles. The minimum Gasteiger partial charge on any atom is -0.381 e. The van der Waals surface area contributed by atoms with E-state index in [-0.39, 0.29) is 18.1 Å². The number of benzene rings is 3. The van der Waals surface area contributed by atoms with Crippen molar-refractivity contribution in [3.8, 4) is 0 Å². The third-order valence-corrected chi connectivity index (χ3v) is 5.77. The SMILES string of the molecule is COC(CCc1ccccc1)C(Cc1ccccc1)C(CC=O)OCc1ccccc1. The lowest BCUT2D eigenvalue weighted by Gasteiger charge is -2.33. The summed E-state index contributed by atoms with van der Waals surface area (Å²) in [4.78, 5) is 11.6. The van der Waals surface area contributed by atoms with Crippen LogP contribution in [0.2, 0.25) is 0 Å². The Morgan fingerprint density at radius 1 is 0.742 bits per heavy atom. The molecule has 0 aliphatic rings. The molecular weight excluding hydrogens is 384 g/mol. The van der Waals surface area contributed by atoms with Crippen LogP contribution in [0.1, 0.15) is 29.5 Å². The zero-order valence-corrected chi connectivity index (χ0v) is 18.2. The van der Waals surface area contributed by atoms with Crippen molar-refractivity contribution in [1.29, 1.82) is 0 Å². The van der Waals surface area contributed by atoms with Crippen LogP contribution in [0.5, 0.6) is 0 Å². The highest BCUT2D eigenvalue weighted by atomic mass is 16.5. The van der Waals surface area contributed by atoms with Crippen molar-refractivity contribution in [1.82, 2.24) is 0 Å². The number of aldehydes is 1. The number of ether oxygens (including phenoxy) is 2. The maximum atomic E-state index is 11.6. The summed E-state index contributed by atoms with van der Waals surface area (Å²) in [7, 11) is 1.77. The van der Waals surface area contributed by atoms with Gasteiger partial charge >= 0.3 is 0 Å². The Morgan fingerprint density at radius 2 is 1.29 bits per heavy atom. The average Bonchev–Trinajstić information content (AvgIpc) is 2.83. The number of rotatable bonds is 13. The summed E-state index contributed by atoms with van der Waals surface area (Å²) in [5.74, 6) is 0.0741. The van der Waals surface area contributed by atoms with Gasteiger partial charge in [-0.2, -0.15) is 0 Å². The summed E-state index contributed by atoms with van der Waals surface area (Å²) < 4.78 is 12.3. The van der Waals surface area contributed by atoms with Crippen LogP contribution in [-0.2, 0) is 33.7 Å². The predicted octanol–water partition coefficient (Wildman–Crippen LogP) is 5.67. The van der Waals surface area contributed by atoms with Gasteiger partial charge in [-0.15, -0.1) is 0 Å². The normalized spacial score (nSPS) is 14.0. The number of aryl methyl sites for hydroxylation is 1. The zero-order valence-electron chi connectivity index (χ0n) is 18.2. The van der Waals surface area contributed by atoms with E-state index in [2.05, 4.69) is 48.5 Å². The molecule has 3 aromatic rings. The predicted molar refractivity (Wildman–Crippen MR) is 125 cm³/mol. The summed E-state index contributed by atoms with van der Waals surface area (Å²) in [5.41, 5.74) is 3.63. The van der Waals surface area contributed by atoms with E-state index < -0.39 is 0 Å². The Kier molecular flexibility index (Phi) is 9.49. The maximum absolute atomic E-state index is 11.6. The number of carbonyl (C=O) groups is 1. The molecule has 0 saturated heterocycles. The Bertz CT molecular complexity index is 865. The fraction of sp³-hybridized carbons (Fsp3) is 0.321. The molecule has 162 valence electrons. The van der Waals surface area contributed by atoms with Gasteiger partial charge in [0.25, 0.3) is 0 Å². The molecule has 0 amide bonds. The number of hydrogen-bond acceptors (Lipinski definition) is 3. The van der Waals surface area contributed by atoms with Crippen LogP contribution in [-0.4, -0.2) is 25.6 Å². The van der Waals surface area contributed by atoms with Gasteiger partial charge in [-0.1, -0.05) is 91.0 Å². The Hall–Kier alpha value is -2.75. The van der Waals surface area contributed by atoms with Crippen molar-refractivity contribution in [2.45, 2.75) is 44.5 Å². The number of hydrogen-bond donors (Lipinski definition) is 0. The zero-order chi connectivity index (χ0) is 21.7. The van der Waals surface area contributed by atoms with Crippen molar-refractivity contribution in [3.63, 3.8) is 0 Å². The first kappa shape index (κ1) is 22.9.